The third-order valence-corrected chi connectivity index (χ3v) is 1.67. The van der Waals surface area contributed by atoms with Crippen molar-refractivity contribution in [3.63, 3.8) is 0 Å². The van der Waals surface area contributed by atoms with E-state index in [0.29, 0.717) is 5.69 Å². The van der Waals surface area contributed by atoms with Gasteiger partial charge in [-0.1, -0.05) is 19.1 Å². The number of nitrogens with zero attached hydrogens (tertiary/aromatic N) is 1. The van der Waals surface area contributed by atoms with Crippen molar-refractivity contribution in [3.05, 3.63) is 34.4 Å². The molecule has 0 aliphatic rings. The number of nitro groups is 1. The summed E-state index contributed by atoms with van der Waals surface area (Å²) in [6.45, 7) is 2.77. The van der Waals surface area contributed by atoms with Gasteiger partial charge in [0.15, 0.2) is 0 Å². The first-order valence-electron chi connectivity index (χ1n) is 4.23. The van der Waals surface area contributed by atoms with Crippen molar-refractivity contribution in [1.29, 1.82) is 0 Å². The van der Waals surface area contributed by atoms with Crippen LogP contribution in [0.4, 0.5) is 11.4 Å². The van der Waals surface area contributed by atoms with Gasteiger partial charge in [0.25, 0.3) is 5.69 Å². The van der Waals surface area contributed by atoms with Crippen molar-refractivity contribution >= 4 is 11.4 Å². The molecule has 70 valence electrons. The Labute approximate surface area is 76.7 Å². The summed E-state index contributed by atoms with van der Waals surface area (Å²) >= 11 is 0. The summed E-state index contributed by atoms with van der Waals surface area (Å²) in [6, 6.07) is 6.66. The van der Waals surface area contributed by atoms with Crippen LogP contribution < -0.4 is 5.32 Å². The van der Waals surface area contributed by atoms with E-state index in [2.05, 4.69) is 5.32 Å². The molecule has 0 unspecified atom stereocenters. The van der Waals surface area contributed by atoms with E-state index in [9.17, 15) is 10.1 Å². The fraction of sp³-hybridized carbons (Fsp3) is 0.333. The molecule has 0 saturated heterocycles. The van der Waals surface area contributed by atoms with Gasteiger partial charge < -0.3 is 5.32 Å². The van der Waals surface area contributed by atoms with Crippen molar-refractivity contribution in [3.8, 4) is 0 Å². The zero-order chi connectivity index (χ0) is 9.68. The van der Waals surface area contributed by atoms with Gasteiger partial charge in [-0.15, -0.1) is 0 Å². The number of anilines is 1. The number of rotatable bonds is 4. The van der Waals surface area contributed by atoms with Crippen molar-refractivity contribution in [1.82, 2.24) is 0 Å². The molecule has 0 aromatic heterocycles. The number of para-hydroxylation sites is 2. The molecule has 4 nitrogen and oxygen atoms in total. The second-order valence-corrected chi connectivity index (χ2v) is 2.70. The second-order valence-electron chi connectivity index (χ2n) is 2.70. The number of benzene rings is 1. The lowest BCUT2D eigenvalue weighted by atomic mass is 10.2. The van der Waals surface area contributed by atoms with Crippen molar-refractivity contribution < 1.29 is 4.92 Å². The molecule has 1 rings (SSSR count). The Morgan fingerprint density at radius 2 is 2.15 bits per heavy atom. The lowest BCUT2D eigenvalue weighted by Gasteiger charge is -2.04. The average Bonchev–Trinajstić information content (AvgIpc) is 2.15. The van der Waals surface area contributed by atoms with Crippen LogP contribution in [0.3, 0.4) is 0 Å². The standard InChI is InChI=1S/C9H12N2O2/c1-2-7-10-8-5-3-4-6-9(8)11(12)13/h3-6,10H,2,7H2,1H3. The van der Waals surface area contributed by atoms with Crippen LogP contribution in [0, 0.1) is 10.1 Å². The van der Waals surface area contributed by atoms with Gasteiger partial charge >= 0.3 is 0 Å². The molecule has 4 heteroatoms. The maximum Gasteiger partial charge on any atom is 0.292 e. The number of nitrogens with one attached hydrogen (secondary N) is 1. The minimum atomic E-state index is -0.377. The van der Waals surface area contributed by atoms with Crippen LogP contribution in [0.1, 0.15) is 13.3 Å². The maximum absolute atomic E-state index is 10.6. The maximum atomic E-state index is 10.6. The van der Waals surface area contributed by atoms with Crippen LogP contribution in [0.25, 0.3) is 0 Å². The first-order chi connectivity index (χ1) is 6.25. The summed E-state index contributed by atoms with van der Waals surface area (Å²) in [5.41, 5.74) is 0.727. The molecule has 0 heterocycles. The molecule has 0 spiro atoms. The summed E-state index contributed by atoms with van der Waals surface area (Å²) in [6.07, 6.45) is 0.950. The second kappa shape index (κ2) is 4.45. The molecule has 0 saturated carbocycles. The number of hydrogen-bond acceptors (Lipinski definition) is 3. The van der Waals surface area contributed by atoms with E-state index >= 15 is 0 Å². The van der Waals surface area contributed by atoms with Gasteiger partial charge in [-0.2, -0.15) is 0 Å². The Kier molecular flexibility index (Phi) is 3.25. The predicted octanol–water partition coefficient (Wildman–Crippen LogP) is 2.42. The Morgan fingerprint density at radius 1 is 1.46 bits per heavy atom. The summed E-state index contributed by atoms with van der Waals surface area (Å²) in [5, 5.41) is 13.6. The zero-order valence-corrected chi connectivity index (χ0v) is 7.49. The molecular weight excluding hydrogens is 168 g/mol. The summed E-state index contributed by atoms with van der Waals surface area (Å²) in [4.78, 5) is 10.2. The van der Waals surface area contributed by atoms with Gasteiger partial charge in [0.1, 0.15) is 5.69 Å². The monoisotopic (exact) mass is 180 g/mol. The van der Waals surface area contributed by atoms with Crippen molar-refractivity contribution in [2.45, 2.75) is 13.3 Å². The normalized spacial score (nSPS) is 9.62. The molecule has 1 aromatic carbocycles. The SMILES string of the molecule is CCCNc1ccccc1[N+](=O)[O-]. The fourth-order valence-electron chi connectivity index (χ4n) is 1.04. The largest absolute Gasteiger partial charge is 0.380 e. The van der Waals surface area contributed by atoms with Crippen LogP contribution in [-0.4, -0.2) is 11.5 Å². The first-order valence-corrected chi connectivity index (χ1v) is 4.23. The highest BCUT2D eigenvalue weighted by molar-refractivity contribution is 5.60. The van der Waals surface area contributed by atoms with Gasteiger partial charge in [0.05, 0.1) is 4.92 Å². The molecule has 0 aliphatic carbocycles. The van der Waals surface area contributed by atoms with Crippen LogP contribution >= 0.6 is 0 Å². The molecule has 0 amide bonds. The van der Waals surface area contributed by atoms with E-state index in [1.54, 1.807) is 18.2 Å². The lowest BCUT2D eigenvalue weighted by molar-refractivity contribution is -0.384. The molecule has 0 aliphatic heterocycles. The Morgan fingerprint density at radius 3 is 2.77 bits per heavy atom. The quantitative estimate of drug-likeness (QED) is 0.571. The molecule has 1 aromatic rings. The van der Waals surface area contributed by atoms with Crippen LogP contribution in [0.2, 0.25) is 0 Å². The highest BCUT2D eigenvalue weighted by atomic mass is 16.6. The van der Waals surface area contributed by atoms with E-state index in [1.807, 2.05) is 6.92 Å². The van der Waals surface area contributed by atoms with Gasteiger partial charge in [0, 0.05) is 12.6 Å². The topological polar surface area (TPSA) is 55.2 Å². The van der Waals surface area contributed by atoms with E-state index in [-0.39, 0.29) is 10.6 Å². The van der Waals surface area contributed by atoms with Gasteiger partial charge in [-0.05, 0) is 12.5 Å². The van der Waals surface area contributed by atoms with Crippen LogP contribution in [0.15, 0.2) is 24.3 Å². The molecule has 0 fully saturated rings. The Balaban J connectivity index is 2.84. The summed E-state index contributed by atoms with van der Waals surface area (Å²) in [7, 11) is 0. The fourth-order valence-corrected chi connectivity index (χ4v) is 1.04. The minimum absolute atomic E-state index is 0.135. The van der Waals surface area contributed by atoms with Gasteiger partial charge in [-0.3, -0.25) is 10.1 Å². The van der Waals surface area contributed by atoms with E-state index in [4.69, 9.17) is 0 Å². The minimum Gasteiger partial charge on any atom is -0.380 e. The summed E-state index contributed by atoms with van der Waals surface area (Å²) < 4.78 is 0. The smallest absolute Gasteiger partial charge is 0.292 e. The average molecular weight is 180 g/mol. The molecule has 0 atom stereocenters. The number of hydrogen-bond donors (Lipinski definition) is 1. The third-order valence-electron chi connectivity index (χ3n) is 1.67. The molecule has 0 bridgehead atoms. The van der Waals surface area contributed by atoms with E-state index in [1.165, 1.54) is 6.07 Å². The van der Waals surface area contributed by atoms with Gasteiger partial charge in [-0.25, -0.2) is 0 Å². The molecule has 0 radical (unpaired) electrons. The highest BCUT2D eigenvalue weighted by Gasteiger charge is 2.10. The summed E-state index contributed by atoms with van der Waals surface area (Å²) in [5.74, 6) is 0. The Hall–Kier alpha value is -1.58. The predicted molar refractivity (Wildman–Crippen MR) is 51.9 cm³/mol. The zero-order valence-electron chi connectivity index (χ0n) is 7.49. The lowest BCUT2D eigenvalue weighted by Crippen LogP contribution is -2.02. The van der Waals surface area contributed by atoms with Gasteiger partial charge in [0.2, 0.25) is 0 Å². The van der Waals surface area contributed by atoms with Crippen molar-refractivity contribution in [2.24, 2.45) is 0 Å². The van der Waals surface area contributed by atoms with Crippen molar-refractivity contribution in [2.75, 3.05) is 11.9 Å². The van der Waals surface area contributed by atoms with E-state index < -0.39 is 0 Å². The molecule has 1 N–H and O–H groups in total. The van der Waals surface area contributed by atoms with Crippen LogP contribution in [0.5, 0.6) is 0 Å². The first kappa shape index (κ1) is 9.51. The molecule has 13 heavy (non-hydrogen) atoms. The van der Waals surface area contributed by atoms with E-state index in [0.717, 1.165) is 13.0 Å². The third kappa shape index (κ3) is 2.43. The Bertz CT molecular complexity index is 299. The molecular formula is C9H12N2O2. The highest BCUT2D eigenvalue weighted by Crippen LogP contribution is 2.22. The van der Waals surface area contributed by atoms with Crippen LogP contribution in [-0.2, 0) is 0 Å². The number of nitro benzene ring substituents is 1.